The van der Waals surface area contributed by atoms with Gasteiger partial charge in [-0.15, -0.1) is 0 Å². The van der Waals surface area contributed by atoms with E-state index in [4.69, 9.17) is 4.74 Å². The second-order valence-electron chi connectivity index (χ2n) is 8.50. The number of carbonyl (C=O) groups is 2. The van der Waals surface area contributed by atoms with E-state index in [0.717, 1.165) is 12.8 Å². The van der Waals surface area contributed by atoms with E-state index in [1.165, 1.54) is 0 Å². The zero-order chi connectivity index (χ0) is 18.8. The first-order valence-electron chi connectivity index (χ1n) is 9.27. The number of ether oxygens (including phenoxy) is 1. The van der Waals surface area contributed by atoms with Gasteiger partial charge in [-0.1, -0.05) is 13.8 Å². The predicted octanol–water partition coefficient (Wildman–Crippen LogP) is 2.61. The van der Waals surface area contributed by atoms with Gasteiger partial charge in [-0.25, -0.2) is 9.59 Å². The number of hydrogen-bond donors (Lipinski definition) is 2. The first-order valence-corrected chi connectivity index (χ1v) is 9.27. The molecule has 0 bridgehead atoms. The van der Waals surface area contributed by atoms with Crippen molar-refractivity contribution >= 4 is 12.2 Å². The summed E-state index contributed by atoms with van der Waals surface area (Å²) >= 11 is 0. The van der Waals surface area contributed by atoms with Crippen LogP contribution in [0.15, 0.2) is 0 Å². The Kier molecular flexibility index (Phi) is 5.86. The van der Waals surface area contributed by atoms with Gasteiger partial charge >= 0.3 is 12.2 Å². The molecule has 0 saturated carbocycles. The van der Waals surface area contributed by atoms with Crippen molar-refractivity contribution in [1.82, 2.24) is 15.1 Å². The maximum Gasteiger partial charge on any atom is 0.410 e. The van der Waals surface area contributed by atoms with Gasteiger partial charge in [0, 0.05) is 32.7 Å². The van der Waals surface area contributed by atoms with Crippen LogP contribution in [0, 0.1) is 11.8 Å². The van der Waals surface area contributed by atoms with Crippen molar-refractivity contribution in [3.63, 3.8) is 0 Å². The van der Waals surface area contributed by atoms with Gasteiger partial charge in [-0.2, -0.15) is 0 Å². The van der Waals surface area contributed by atoms with Gasteiger partial charge in [-0.3, -0.25) is 4.90 Å². The molecule has 2 saturated heterocycles. The quantitative estimate of drug-likeness (QED) is 0.796. The van der Waals surface area contributed by atoms with E-state index < -0.39 is 17.2 Å². The molecular formula is C18H33N3O4. The Hall–Kier alpha value is -1.50. The van der Waals surface area contributed by atoms with Crippen molar-refractivity contribution in [1.29, 1.82) is 0 Å². The molecule has 0 aliphatic carbocycles. The zero-order valence-electron chi connectivity index (χ0n) is 16.2. The van der Waals surface area contributed by atoms with E-state index in [-0.39, 0.29) is 17.9 Å². The molecule has 2 fully saturated rings. The molecule has 2 heterocycles. The second kappa shape index (κ2) is 7.40. The highest BCUT2D eigenvalue weighted by molar-refractivity contribution is 5.68. The lowest BCUT2D eigenvalue weighted by molar-refractivity contribution is -0.0387. The molecule has 7 nitrogen and oxygen atoms in total. The minimum atomic E-state index is -0.843. The lowest BCUT2D eigenvalue weighted by atomic mass is 9.69. The third-order valence-electron chi connectivity index (χ3n) is 5.51. The molecule has 1 atom stereocenters. The summed E-state index contributed by atoms with van der Waals surface area (Å²) < 4.78 is 5.46. The summed E-state index contributed by atoms with van der Waals surface area (Å²) in [5.74, 6) is 0.435. The number of piperidine rings is 1. The van der Waals surface area contributed by atoms with E-state index in [1.807, 2.05) is 20.8 Å². The van der Waals surface area contributed by atoms with Gasteiger partial charge in [0.15, 0.2) is 0 Å². The van der Waals surface area contributed by atoms with Crippen LogP contribution >= 0.6 is 0 Å². The molecule has 25 heavy (non-hydrogen) atoms. The van der Waals surface area contributed by atoms with Crippen LogP contribution in [0.4, 0.5) is 9.59 Å². The number of amides is 2. The summed E-state index contributed by atoms with van der Waals surface area (Å²) in [7, 11) is 0. The monoisotopic (exact) mass is 355 g/mol. The summed E-state index contributed by atoms with van der Waals surface area (Å²) in [4.78, 5) is 27.5. The maximum atomic E-state index is 12.3. The van der Waals surface area contributed by atoms with Gasteiger partial charge < -0.3 is 20.1 Å². The van der Waals surface area contributed by atoms with Crippen LogP contribution in [0.25, 0.3) is 0 Å². The van der Waals surface area contributed by atoms with Crippen molar-refractivity contribution in [3.05, 3.63) is 0 Å². The zero-order valence-corrected chi connectivity index (χ0v) is 16.2. The minimum Gasteiger partial charge on any atom is -0.465 e. The fraction of sp³-hybridized carbons (Fsp3) is 0.889. The molecular weight excluding hydrogens is 322 g/mol. The fourth-order valence-electron chi connectivity index (χ4n) is 4.30. The fourth-order valence-corrected chi connectivity index (χ4v) is 4.30. The number of hydrogen-bond acceptors (Lipinski definition) is 4. The van der Waals surface area contributed by atoms with Crippen molar-refractivity contribution in [2.24, 2.45) is 11.8 Å². The standard InChI is InChI=1S/C18H33N3O4/c1-13(2)18(12-19-8-11-21(18)15(22)23)14-6-9-20(10-7-14)16(24)25-17(3,4)5/h13-14,19H,6-12H2,1-5H3,(H,22,23). The van der Waals surface area contributed by atoms with Crippen LogP contribution in [-0.2, 0) is 4.74 Å². The number of nitrogens with zero attached hydrogens (tertiary/aromatic N) is 2. The van der Waals surface area contributed by atoms with Crippen LogP contribution < -0.4 is 5.32 Å². The van der Waals surface area contributed by atoms with E-state index in [9.17, 15) is 14.7 Å². The number of piperazine rings is 1. The Morgan fingerprint density at radius 1 is 1.20 bits per heavy atom. The van der Waals surface area contributed by atoms with Crippen LogP contribution in [0.2, 0.25) is 0 Å². The molecule has 0 radical (unpaired) electrons. The van der Waals surface area contributed by atoms with Crippen LogP contribution in [0.1, 0.15) is 47.5 Å². The summed E-state index contributed by atoms with van der Waals surface area (Å²) in [5, 5.41) is 13.1. The lowest BCUT2D eigenvalue weighted by Gasteiger charge is -2.55. The molecule has 0 aromatic carbocycles. The Labute approximate surface area is 150 Å². The first-order chi connectivity index (χ1) is 11.6. The third kappa shape index (κ3) is 4.19. The lowest BCUT2D eigenvalue weighted by Crippen LogP contribution is -2.69. The average Bonchev–Trinajstić information content (AvgIpc) is 2.53. The molecule has 2 aliphatic rings. The summed E-state index contributed by atoms with van der Waals surface area (Å²) in [6.07, 6.45) is 0.470. The normalized spacial score (nSPS) is 26.0. The summed E-state index contributed by atoms with van der Waals surface area (Å²) in [6, 6.07) is 0. The molecule has 2 aliphatic heterocycles. The van der Waals surface area contributed by atoms with Gasteiger partial charge in [0.1, 0.15) is 5.60 Å². The SMILES string of the molecule is CC(C)C1(C2CCN(C(=O)OC(C)(C)C)CC2)CNCCN1C(=O)O. The molecule has 2 N–H and O–H groups in total. The molecule has 2 amide bonds. The van der Waals surface area contributed by atoms with Crippen LogP contribution in [-0.4, -0.2) is 71.0 Å². The van der Waals surface area contributed by atoms with Crippen molar-refractivity contribution in [3.8, 4) is 0 Å². The van der Waals surface area contributed by atoms with Gasteiger partial charge in [0.05, 0.1) is 5.54 Å². The maximum absolute atomic E-state index is 12.3. The van der Waals surface area contributed by atoms with Crippen molar-refractivity contribution in [2.45, 2.75) is 58.6 Å². The molecule has 0 spiro atoms. The second-order valence-corrected chi connectivity index (χ2v) is 8.50. The summed E-state index contributed by atoms with van der Waals surface area (Å²) in [5.41, 5.74) is -0.912. The Morgan fingerprint density at radius 2 is 1.80 bits per heavy atom. The minimum absolute atomic E-state index is 0.203. The van der Waals surface area contributed by atoms with E-state index in [1.54, 1.807) is 9.80 Å². The molecule has 1 unspecified atom stereocenters. The highest BCUT2D eigenvalue weighted by atomic mass is 16.6. The molecule has 144 valence electrons. The highest BCUT2D eigenvalue weighted by Crippen LogP contribution is 2.40. The highest BCUT2D eigenvalue weighted by Gasteiger charge is 2.50. The number of carboxylic acid groups (broad SMARTS) is 1. The first kappa shape index (κ1) is 19.8. The Morgan fingerprint density at radius 3 is 2.28 bits per heavy atom. The van der Waals surface area contributed by atoms with E-state index >= 15 is 0 Å². The number of nitrogens with one attached hydrogen (secondary N) is 1. The smallest absolute Gasteiger partial charge is 0.410 e. The number of rotatable bonds is 2. The van der Waals surface area contributed by atoms with Gasteiger partial charge in [0.2, 0.25) is 0 Å². The molecule has 2 rings (SSSR count). The largest absolute Gasteiger partial charge is 0.465 e. The van der Waals surface area contributed by atoms with Crippen LogP contribution in [0.3, 0.4) is 0 Å². The van der Waals surface area contributed by atoms with E-state index in [0.29, 0.717) is 32.7 Å². The Bertz CT molecular complexity index is 495. The van der Waals surface area contributed by atoms with Gasteiger partial charge in [0.25, 0.3) is 0 Å². The van der Waals surface area contributed by atoms with Crippen molar-refractivity contribution in [2.75, 3.05) is 32.7 Å². The van der Waals surface area contributed by atoms with Crippen molar-refractivity contribution < 1.29 is 19.4 Å². The predicted molar refractivity (Wildman–Crippen MR) is 95.7 cm³/mol. The van der Waals surface area contributed by atoms with E-state index in [2.05, 4.69) is 19.2 Å². The third-order valence-corrected chi connectivity index (χ3v) is 5.51. The topological polar surface area (TPSA) is 82.1 Å². The average molecular weight is 355 g/mol. The van der Waals surface area contributed by atoms with Gasteiger partial charge in [-0.05, 0) is 45.4 Å². The molecule has 0 aromatic heterocycles. The number of likely N-dealkylation sites (tertiary alicyclic amines) is 1. The summed E-state index contributed by atoms with van der Waals surface area (Å²) in [6.45, 7) is 12.9. The molecule has 7 heteroatoms. The Balaban J connectivity index is 2.10. The molecule has 0 aromatic rings. The number of carbonyl (C=O) groups excluding carboxylic acids is 1. The van der Waals surface area contributed by atoms with Crippen LogP contribution in [0.5, 0.6) is 0 Å².